The van der Waals surface area contributed by atoms with Crippen molar-refractivity contribution in [3.8, 4) is 0 Å². The minimum Gasteiger partial charge on any atom is -0.343 e. The Balaban J connectivity index is 1.51. The minimum atomic E-state index is -1.34. The summed E-state index contributed by atoms with van der Waals surface area (Å²) in [6.07, 6.45) is 0. The highest BCUT2D eigenvalue weighted by molar-refractivity contribution is 6.53. The third-order valence-corrected chi connectivity index (χ3v) is 7.76. The Morgan fingerprint density at radius 1 is 0.917 bits per heavy atom. The molecular formula is C26H20Cl5FN2O2. The van der Waals surface area contributed by atoms with E-state index in [0.29, 0.717) is 26.9 Å². The smallest absolute Gasteiger partial charge is 0.253 e. The number of benzene rings is 3. The lowest BCUT2D eigenvalue weighted by Gasteiger charge is -2.27. The molecule has 3 aromatic carbocycles. The first-order chi connectivity index (χ1) is 16.8. The van der Waals surface area contributed by atoms with Gasteiger partial charge in [0, 0.05) is 21.7 Å². The number of alkyl halides is 2. The predicted octanol–water partition coefficient (Wildman–Crippen LogP) is 7.98. The van der Waals surface area contributed by atoms with Crippen LogP contribution in [0.5, 0.6) is 0 Å². The Labute approximate surface area is 233 Å². The molecule has 1 aliphatic carbocycles. The summed E-state index contributed by atoms with van der Waals surface area (Å²) in [5.41, 5.74) is 1.04. The molecule has 0 aromatic heterocycles. The molecule has 0 heterocycles. The zero-order valence-corrected chi connectivity index (χ0v) is 22.8. The van der Waals surface area contributed by atoms with Gasteiger partial charge in [-0.25, -0.2) is 4.39 Å². The van der Waals surface area contributed by atoms with Gasteiger partial charge in [0.25, 0.3) is 5.91 Å². The summed E-state index contributed by atoms with van der Waals surface area (Å²) < 4.78 is 12.0. The van der Waals surface area contributed by atoms with Gasteiger partial charge in [-0.15, -0.1) is 23.2 Å². The van der Waals surface area contributed by atoms with Crippen molar-refractivity contribution in [1.82, 2.24) is 5.32 Å². The minimum absolute atomic E-state index is 0.154. The first-order valence-corrected chi connectivity index (χ1v) is 12.7. The lowest BCUT2D eigenvalue weighted by molar-refractivity contribution is -0.117. The van der Waals surface area contributed by atoms with Gasteiger partial charge < -0.3 is 10.6 Å². The van der Waals surface area contributed by atoms with E-state index in [4.69, 9.17) is 58.0 Å². The Morgan fingerprint density at radius 3 is 2.14 bits per heavy atom. The fraction of sp³-hybridized carbons (Fsp3) is 0.231. The van der Waals surface area contributed by atoms with Crippen LogP contribution in [-0.4, -0.2) is 16.1 Å². The molecule has 188 valence electrons. The van der Waals surface area contributed by atoms with Gasteiger partial charge in [0.05, 0.1) is 22.0 Å². The second-order valence-corrected chi connectivity index (χ2v) is 11.8. The Kier molecular flexibility index (Phi) is 7.53. The Hall–Kier alpha value is -2.02. The van der Waals surface area contributed by atoms with E-state index in [0.717, 1.165) is 0 Å². The van der Waals surface area contributed by atoms with E-state index in [1.807, 2.05) is 0 Å². The van der Waals surface area contributed by atoms with Crippen molar-refractivity contribution < 1.29 is 14.0 Å². The largest absolute Gasteiger partial charge is 0.343 e. The number of halogens is 6. The molecular weight excluding hydrogens is 569 g/mol. The zero-order chi connectivity index (χ0) is 26.4. The monoisotopic (exact) mass is 586 g/mol. The van der Waals surface area contributed by atoms with Crippen LogP contribution in [0.25, 0.3) is 0 Å². The first-order valence-electron chi connectivity index (χ1n) is 10.8. The second kappa shape index (κ2) is 10.0. The second-order valence-electron chi connectivity index (χ2n) is 9.10. The van der Waals surface area contributed by atoms with Crippen molar-refractivity contribution >= 4 is 75.5 Å². The normalized spacial score (nSPS) is 18.4. The summed E-state index contributed by atoms with van der Waals surface area (Å²) in [4.78, 5) is 26.1. The SMILES string of the molecule is CC(C)(NC(=O)c1cc(NC(=O)[C@H]2[C@H](c3cc(Cl)cc(Cl)c3)C2(Cl)Cl)ccc1Cl)c1ccc(F)cc1. The fourth-order valence-electron chi connectivity index (χ4n) is 4.11. The molecule has 4 nitrogen and oxygen atoms in total. The molecule has 0 radical (unpaired) electrons. The van der Waals surface area contributed by atoms with Crippen LogP contribution < -0.4 is 10.6 Å². The van der Waals surface area contributed by atoms with Crippen LogP contribution in [0.15, 0.2) is 60.7 Å². The molecule has 2 N–H and O–H groups in total. The summed E-state index contributed by atoms with van der Waals surface area (Å²) >= 11 is 31.3. The quantitative estimate of drug-likeness (QED) is 0.287. The summed E-state index contributed by atoms with van der Waals surface area (Å²) in [5.74, 6) is -2.54. The average molecular weight is 589 g/mol. The van der Waals surface area contributed by atoms with Crippen molar-refractivity contribution in [1.29, 1.82) is 0 Å². The van der Waals surface area contributed by atoms with Crippen molar-refractivity contribution in [3.63, 3.8) is 0 Å². The Bertz CT molecular complexity index is 1320. The van der Waals surface area contributed by atoms with E-state index in [1.54, 1.807) is 50.2 Å². The average Bonchev–Trinajstić information content (AvgIpc) is 3.36. The van der Waals surface area contributed by atoms with Crippen LogP contribution in [0.3, 0.4) is 0 Å². The lowest BCUT2D eigenvalue weighted by Crippen LogP contribution is -2.41. The molecule has 0 aliphatic heterocycles. The van der Waals surface area contributed by atoms with Crippen LogP contribution in [0, 0.1) is 11.7 Å². The van der Waals surface area contributed by atoms with Crippen LogP contribution in [0.4, 0.5) is 10.1 Å². The summed E-state index contributed by atoms with van der Waals surface area (Å²) in [5, 5.41) is 6.66. The topological polar surface area (TPSA) is 58.2 Å². The number of nitrogens with one attached hydrogen (secondary N) is 2. The zero-order valence-electron chi connectivity index (χ0n) is 19.0. The maximum Gasteiger partial charge on any atom is 0.253 e. The highest BCUT2D eigenvalue weighted by Gasteiger charge is 2.67. The maximum atomic E-state index is 13.3. The van der Waals surface area contributed by atoms with E-state index >= 15 is 0 Å². The molecule has 36 heavy (non-hydrogen) atoms. The van der Waals surface area contributed by atoms with Crippen molar-refractivity contribution in [3.05, 3.63) is 98.2 Å². The van der Waals surface area contributed by atoms with Gasteiger partial charge in [0.1, 0.15) is 10.2 Å². The molecule has 2 amide bonds. The van der Waals surface area contributed by atoms with E-state index in [-0.39, 0.29) is 16.4 Å². The Morgan fingerprint density at radius 2 is 1.53 bits per heavy atom. The van der Waals surface area contributed by atoms with E-state index < -0.39 is 33.5 Å². The van der Waals surface area contributed by atoms with Gasteiger partial charge in [-0.1, -0.05) is 46.9 Å². The molecule has 0 bridgehead atoms. The summed E-state index contributed by atoms with van der Waals surface area (Å²) in [6.45, 7) is 3.57. The van der Waals surface area contributed by atoms with E-state index in [1.165, 1.54) is 24.3 Å². The highest BCUT2D eigenvalue weighted by atomic mass is 35.5. The number of carbonyl (C=O) groups is 2. The third-order valence-electron chi connectivity index (χ3n) is 6.05. The van der Waals surface area contributed by atoms with Crippen molar-refractivity contribution in [2.75, 3.05) is 5.32 Å². The maximum absolute atomic E-state index is 13.3. The summed E-state index contributed by atoms with van der Waals surface area (Å²) in [6, 6.07) is 15.3. The number of hydrogen-bond donors (Lipinski definition) is 2. The van der Waals surface area contributed by atoms with Crippen molar-refractivity contribution in [2.45, 2.75) is 29.6 Å². The number of hydrogen-bond acceptors (Lipinski definition) is 2. The molecule has 4 rings (SSSR count). The third kappa shape index (κ3) is 5.61. The van der Waals surface area contributed by atoms with Gasteiger partial charge >= 0.3 is 0 Å². The molecule has 10 heteroatoms. The van der Waals surface area contributed by atoms with Gasteiger partial charge in [-0.3, -0.25) is 9.59 Å². The fourth-order valence-corrected chi connectivity index (χ4v) is 5.68. The number of rotatable bonds is 6. The molecule has 1 fully saturated rings. The van der Waals surface area contributed by atoms with E-state index in [2.05, 4.69) is 10.6 Å². The number of carbonyl (C=O) groups excluding carboxylic acids is 2. The molecule has 0 unspecified atom stereocenters. The lowest BCUT2D eigenvalue weighted by atomic mass is 9.94. The first kappa shape index (κ1) is 27.0. The standard InChI is InChI=1S/C26H20Cl5FN2O2/c1-25(2,14-3-5-17(32)6-4-14)34-23(35)19-12-18(7-8-20(19)29)33-24(36)22-21(26(22,30)31)13-9-15(27)11-16(28)10-13/h3-12,21-22H,1-2H3,(H,33,36)(H,34,35)/t21-,22+/m0/s1. The van der Waals surface area contributed by atoms with Crippen LogP contribution in [-0.2, 0) is 10.3 Å². The van der Waals surface area contributed by atoms with E-state index in [9.17, 15) is 14.0 Å². The van der Waals surface area contributed by atoms with Crippen LogP contribution in [0.1, 0.15) is 41.3 Å². The molecule has 2 atom stereocenters. The van der Waals surface area contributed by atoms with Gasteiger partial charge in [0.15, 0.2) is 0 Å². The predicted molar refractivity (Wildman–Crippen MR) is 144 cm³/mol. The molecule has 1 saturated carbocycles. The molecule has 1 aliphatic rings. The van der Waals surface area contributed by atoms with Crippen molar-refractivity contribution in [2.24, 2.45) is 5.92 Å². The van der Waals surface area contributed by atoms with Gasteiger partial charge in [-0.2, -0.15) is 0 Å². The van der Waals surface area contributed by atoms with Crippen LogP contribution >= 0.6 is 58.0 Å². The highest BCUT2D eigenvalue weighted by Crippen LogP contribution is 2.65. The number of anilines is 1. The van der Waals surface area contributed by atoms with Gasteiger partial charge in [-0.05, 0) is 73.5 Å². The molecule has 0 saturated heterocycles. The summed E-state index contributed by atoms with van der Waals surface area (Å²) in [7, 11) is 0. The number of amides is 2. The van der Waals surface area contributed by atoms with Crippen LogP contribution in [0.2, 0.25) is 15.1 Å². The molecule has 0 spiro atoms. The molecule has 3 aromatic rings. The van der Waals surface area contributed by atoms with Gasteiger partial charge in [0.2, 0.25) is 5.91 Å².